The Labute approximate surface area is 112 Å². The standard InChI is InChI=1S/C14H30N2O2/c1-12(2)15-10-7-8-14(17)16-9-5-6-11-18-13(3)4/h12-13,15H,5-11H2,1-4H3,(H,16,17). The monoisotopic (exact) mass is 258 g/mol. The van der Waals surface area contributed by atoms with Crippen molar-refractivity contribution >= 4 is 5.91 Å². The lowest BCUT2D eigenvalue weighted by atomic mass is 10.2. The van der Waals surface area contributed by atoms with Crippen molar-refractivity contribution in [1.82, 2.24) is 10.6 Å². The van der Waals surface area contributed by atoms with Crippen LogP contribution in [-0.2, 0) is 9.53 Å². The molecule has 0 saturated carbocycles. The Balaban J connectivity index is 3.22. The van der Waals surface area contributed by atoms with Crippen LogP contribution < -0.4 is 10.6 Å². The molecule has 0 radical (unpaired) electrons. The van der Waals surface area contributed by atoms with Crippen molar-refractivity contribution in [3.8, 4) is 0 Å². The van der Waals surface area contributed by atoms with E-state index < -0.39 is 0 Å². The molecule has 0 rings (SSSR count). The van der Waals surface area contributed by atoms with Gasteiger partial charge in [0.15, 0.2) is 0 Å². The van der Waals surface area contributed by atoms with E-state index in [-0.39, 0.29) is 5.91 Å². The quantitative estimate of drug-likeness (QED) is 0.558. The average Bonchev–Trinajstić information content (AvgIpc) is 2.28. The highest BCUT2D eigenvalue weighted by atomic mass is 16.5. The van der Waals surface area contributed by atoms with Crippen LogP contribution in [0.4, 0.5) is 0 Å². The first-order valence-electron chi connectivity index (χ1n) is 7.14. The number of unbranched alkanes of at least 4 members (excludes halogenated alkanes) is 1. The molecule has 0 aromatic heterocycles. The van der Waals surface area contributed by atoms with E-state index in [2.05, 4.69) is 24.5 Å². The molecular formula is C14H30N2O2. The average molecular weight is 258 g/mol. The first-order chi connectivity index (χ1) is 8.52. The lowest BCUT2D eigenvalue weighted by molar-refractivity contribution is -0.121. The summed E-state index contributed by atoms with van der Waals surface area (Å²) < 4.78 is 5.43. The summed E-state index contributed by atoms with van der Waals surface area (Å²) in [5.41, 5.74) is 0. The number of carbonyl (C=O) groups is 1. The van der Waals surface area contributed by atoms with E-state index in [1.54, 1.807) is 0 Å². The summed E-state index contributed by atoms with van der Waals surface area (Å²) in [5, 5.41) is 6.24. The second kappa shape index (κ2) is 11.5. The van der Waals surface area contributed by atoms with Crippen LogP contribution in [0, 0.1) is 0 Å². The van der Waals surface area contributed by atoms with Crippen LogP contribution >= 0.6 is 0 Å². The van der Waals surface area contributed by atoms with Crippen LogP contribution in [0.3, 0.4) is 0 Å². The van der Waals surface area contributed by atoms with E-state index in [0.29, 0.717) is 18.6 Å². The van der Waals surface area contributed by atoms with E-state index in [4.69, 9.17) is 4.74 Å². The molecule has 18 heavy (non-hydrogen) atoms. The fourth-order valence-corrected chi connectivity index (χ4v) is 1.50. The van der Waals surface area contributed by atoms with Crippen molar-refractivity contribution in [2.24, 2.45) is 0 Å². The molecule has 0 fully saturated rings. The molecule has 0 spiro atoms. The molecule has 0 heterocycles. The van der Waals surface area contributed by atoms with Crippen molar-refractivity contribution in [3.63, 3.8) is 0 Å². The zero-order valence-electron chi connectivity index (χ0n) is 12.4. The predicted octanol–water partition coefficient (Wildman–Crippen LogP) is 2.09. The normalized spacial score (nSPS) is 11.2. The lowest BCUT2D eigenvalue weighted by Gasteiger charge is -2.09. The highest BCUT2D eigenvalue weighted by Crippen LogP contribution is 1.94. The van der Waals surface area contributed by atoms with E-state index in [1.807, 2.05) is 13.8 Å². The second-order valence-corrected chi connectivity index (χ2v) is 5.19. The Hall–Kier alpha value is -0.610. The zero-order chi connectivity index (χ0) is 13.8. The summed E-state index contributed by atoms with van der Waals surface area (Å²) in [4.78, 5) is 11.5. The number of ether oxygens (including phenoxy) is 1. The third-order valence-corrected chi connectivity index (χ3v) is 2.48. The van der Waals surface area contributed by atoms with Gasteiger partial charge in [-0.1, -0.05) is 13.8 Å². The Bertz CT molecular complexity index is 206. The molecule has 0 bridgehead atoms. The number of hydrogen-bond acceptors (Lipinski definition) is 3. The molecule has 0 aliphatic carbocycles. The predicted molar refractivity (Wildman–Crippen MR) is 75.7 cm³/mol. The van der Waals surface area contributed by atoms with Gasteiger partial charge in [0.1, 0.15) is 0 Å². The first-order valence-corrected chi connectivity index (χ1v) is 7.14. The minimum absolute atomic E-state index is 0.158. The van der Waals surface area contributed by atoms with Crippen LogP contribution in [0.15, 0.2) is 0 Å². The van der Waals surface area contributed by atoms with Gasteiger partial charge in [0.2, 0.25) is 5.91 Å². The molecule has 4 nitrogen and oxygen atoms in total. The van der Waals surface area contributed by atoms with Gasteiger partial charge in [-0.3, -0.25) is 4.79 Å². The molecule has 2 N–H and O–H groups in total. The summed E-state index contributed by atoms with van der Waals surface area (Å²) in [7, 11) is 0. The summed E-state index contributed by atoms with van der Waals surface area (Å²) in [6, 6.07) is 0.494. The van der Waals surface area contributed by atoms with E-state index in [9.17, 15) is 4.79 Å². The Morgan fingerprint density at radius 2 is 1.78 bits per heavy atom. The van der Waals surface area contributed by atoms with Crippen LogP contribution in [0.1, 0.15) is 53.4 Å². The van der Waals surface area contributed by atoms with Gasteiger partial charge < -0.3 is 15.4 Å². The number of hydrogen-bond donors (Lipinski definition) is 2. The first kappa shape index (κ1) is 17.4. The maximum atomic E-state index is 11.5. The van der Waals surface area contributed by atoms with Crippen LogP contribution in [-0.4, -0.2) is 37.7 Å². The lowest BCUT2D eigenvalue weighted by Crippen LogP contribution is -2.27. The topological polar surface area (TPSA) is 50.4 Å². The molecule has 0 aliphatic rings. The number of nitrogens with one attached hydrogen (secondary N) is 2. The minimum atomic E-state index is 0.158. The van der Waals surface area contributed by atoms with Gasteiger partial charge >= 0.3 is 0 Å². The summed E-state index contributed by atoms with van der Waals surface area (Å²) in [5.74, 6) is 0.158. The number of carbonyl (C=O) groups excluding carboxylic acids is 1. The molecule has 4 heteroatoms. The molecule has 1 amide bonds. The highest BCUT2D eigenvalue weighted by Gasteiger charge is 2.01. The third-order valence-electron chi connectivity index (χ3n) is 2.48. The molecule has 0 saturated heterocycles. The molecule has 0 unspecified atom stereocenters. The maximum Gasteiger partial charge on any atom is 0.220 e. The SMILES string of the molecule is CC(C)NCCCC(=O)NCCCCOC(C)C. The van der Waals surface area contributed by atoms with E-state index in [0.717, 1.165) is 39.0 Å². The molecular weight excluding hydrogens is 228 g/mol. The Morgan fingerprint density at radius 3 is 2.39 bits per heavy atom. The smallest absolute Gasteiger partial charge is 0.220 e. The number of rotatable bonds is 11. The van der Waals surface area contributed by atoms with Gasteiger partial charge in [-0.15, -0.1) is 0 Å². The van der Waals surface area contributed by atoms with Crippen molar-refractivity contribution in [2.45, 2.75) is 65.5 Å². The summed E-state index contributed by atoms with van der Waals surface area (Å²) in [6.45, 7) is 10.7. The van der Waals surface area contributed by atoms with Crippen LogP contribution in [0.2, 0.25) is 0 Å². The largest absolute Gasteiger partial charge is 0.379 e. The van der Waals surface area contributed by atoms with Crippen molar-refractivity contribution in [2.75, 3.05) is 19.7 Å². The Kier molecular flexibility index (Phi) is 11.1. The Morgan fingerprint density at radius 1 is 1.06 bits per heavy atom. The van der Waals surface area contributed by atoms with Gasteiger partial charge in [-0.05, 0) is 39.7 Å². The van der Waals surface area contributed by atoms with Gasteiger partial charge in [0.05, 0.1) is 6.10 Å². The molecule has 0 aliphatic heterocycles. The third kappa shape index (κ3) is 13.5. The van der Waals surface area contributed by atoms with Crippen molar-refractivity contribution in [3.05, 3.63) is 0 Å². The van der Waals surface area contributed by atoms with E-state index >= 15 is 0 Å². The van der Waals surface area contributed by atoms with Crippen molar-refractivity contribution < 1.29 is 9.53 Å². The fraction of sp³-hybridized carbons (Fsp3) is 0.929. The zero-order valence-corrected chi connectivity index (χ0v) is 12.4. The number of amides is 1. The van der Waals surface area contributed by atoms with Gasteiger partial charge in [-0.25, -0.2) is 0 Å². The van der Waals surface area contributed by atoms with Gasteiger partial charge in [0, 0.05) is 25.6 Å². The molecule has 0 aromatic rings. The summed E-state index contributed by atoms with van der Waals surface area (Å²) >= 11 is 0. The maximum absolute atomic E-state index is 11.5. The molecule has 0 aromatic carbocycles. The minimum Gasteiger partial charge on any atom is -0.379 e. The van der Waals surface area contributed by atoms with Crippen molar-refractivity contribution in [1.29, 1.82) is 0 Å². The highest BCUT2D eigenvalue weighted by molar-refractivity contribution is 5.75. The van der Waals surface area contributed by atoms with E-state index in [1.165, 1.54) is 0 Å². The second-order valence-electron chi connectivity index (χ2n) is 5.19. The van der Waals surface area contributed by atoms with Gasteiger partial charge in [0.25, 0.3) is 0 Å². The van der Waals surface area contributed by atoms with Crippen LogP contribution in [0.25, 0.3) is 0 Å². The molecule has 0 atom stereocenters. The fourth-order valence-electron chi connectivity index (χ4n) is 1.50. The molecule has 108 valence electrons. The summed E-state index contributed by atoms with van der Waals surface area (Å²) in [6.07, 6.45) is 3.81. The van der Waals surface area contributed by atoms with Gasteiger partial charge in [-0.2, -0.15) is 0 Å². The van der Waals surface area contributed by atoms with Crippen LogP contribution in [0.5, 0.6) is 0 Å².